The number of rotatable bonds is 7. The molecule has 0 spiro atoms. The van der Waals surface area contributed by atoms with Crippen molar-refractivity contribution in [1.29, 1.82) is 0 Å². The topological polar surface area (TPSA) is 116 Å². The van der Waals surface area contributed by atoms with E-state index in [1.165, 1.54) is 23.1 Å². The first-order chi connectivity index (χ1) is 20.8. The number of urea groups is 1. The molecule has 0 aliphatic carbocycles. The maximum Gasteiger partial charge on any atom is 0.416 e. The van der Waals surface area contributed by atoms with Crippen LogP contribution < -0.4 is 14.4 Å². The van der Waals surface area contributed by atoms with E-state index in [2.05, 4.69) is 5.32 Å². The summed E-state index contributed by atoms with van der Waals surface area (Å²) >= 11 is 0. The number of likely N-dealkylation sites (tertiary alicyclic amines) is 1. The molecule has 9 nitrogen and oxygen atoms in total. The van der Waals surface area contributed by atoms with Gasteiger partial charge in [-0.05, 0) is 66.9 Å². The van der Waals surface area contributed by atoms with Gasteiger partial charge in [0.25, 0.3) is 10.0 Å². The van der Waals surface area contributed by atoms with Gasteiger partial charge in [-0.1, -0.05) is 12.1 Å². The number of carboxylic acids is 1. The predicted octanol–water partition coefficient (Wildman–Crippen LogP) is 5.26. The van der Waals surface area contributed by atoms with E-state index < -0.39 is 69.0 Å². The normalized spacial score (nSPS) is 18.5. The van der Waals surface area contributed by atoms with Crippen LogP contribution >= 0.6 is 0 Å². The molecule has 44 heavy (non-hydrogen) atoms. The first-order valence-electron chi connectivity index (χ1n) is 13.5. The van der Waals surface area contributed by atoms with E-state index in [1.54, 1.807) is 0 Å². The highest BCUT2D eigenvalue weighted by molar-refractivity contribution is 7.92. The molecule has 2 aliphatic rings. The number of hydrogen-bond donors (Lipinski definition) is 2. The van der Waals surface area contributed by atoms with Gasteiger partial charge in [0, 0.05) is 25.1 Å². The Morgan fingerprint density at radius 3 is 2.55 bits per heavy atom. The summed E-state index contributed by atoms with van der Waals surface area (Å²) in [6, 6.07) is 8.37. The number of sulfonamides is 1. The SMILES string of the molecule is O=C(O)[C@@H]1CCCN1C(=O)NCC[C@H]1CN(S(=O)(=O)c2cccc(C(F)(F)F)c2)c2cc(-c3cc(F)ccc3F)ccc2O1. The molecule has 234 valence electrons. The molecule has 1 fully saturated rings. The van der Waals surface area contributed by atoms with E-state index in [4.69, 9.17) is 4.74 Å². The highest BCUT2D eigenvalue weighted by Gasteiger charge is 2.38. The minimum atomic E-state index is -4.81. The van der Waals surface area contributed by atoms with Gasteiger partial charge in [0.05, 0.1) is 22.7 Å². The number of fused-ring (bicyclic) bond motifs is 1. The van der Waals surface area contributed by atoms with E-state index in [0.29, 0.717) is 18.9 Å². The van der Waals surface area contributed by atoms with E-state index in [9.17, 15) is 45.1 Å². The van der Waals surface area contributed by atoms with Crippen LogP contribution in [0.25, 0.3) is 11.1 Å². The Morgan fingerprint density at radius 2 is 1.82 bits per heavy atom. The zero-order valence-corrected chi connectivity index (χ0v) is 23.7. The number of carbonyl (C=O) groups is 2. The maximum absolute atomic E-state index is 14.6. The number of halogens is 5. The largest absolute Gasteiger partial charge is 0.486 e. The van der Waals surface area contributed by atoms with Gasteiger partial charge in [-0.2, -0.15) is 13.2 Å². The Kier molecular flexibility index (Phi) is 8.42. The van der Waals surface area contributed by atoms with Gasteiger partial charge in [0.2, 0.25) is 0 Å². The molecule has 2 atom stereocenters. The first-order valence-corrected chi connectivity index (χ1v) is 14.9. The molecule has 2 aliphatic heterocycles. The third kappa shape index (κ3) is 6.27. The predicted molar refractivity (Wildman–Crippen MR) is 148 cm³/mol. The standard InChI is InChI=1S/C29H26F5N3O6S/c30-19-7-8-23(31)22(15-19)17-6-9-26-25(13-17)37(44(41,42)21-4-1-3-18(14-21)29(32,33)34)16-20(43-26)10-11-35-28(40)36-12-2-5-24(36)27(38)39/h1,3-4,6-9,13-15,20,24H,2,5,10-12,16H2,(H,35,40)(H,38,39)/t20-,24-/m0/s1. The Bertz CT molecular complexity index is 1700. The van der Waals surface area contributed by atoms with Crippen molar-refractivity contribution in [3.63, 3.8) is 0 Å². The van der Waals surface area contributed by atoms with Crippen molar-refractivity contribution >= 4 is 27.7 Å². The minimum Gasteiger partial charge on any atom is -0.486 e. The second kappa shape index (κ2) is 11.9. The lowest BCUT2D eigenvalue weighted by atomic mass is 10.0. The molecule has 0 radical (unpaired) electrons. The number of benzene rings is 3. The number of nitrogens with zero attached hydrogens (tertiary/aromatic N) is 2. The Morgan fingerprint density at radius 1 is 1.05 bits per heavy atom. The van der Waals surface area contributed by atoms with Crippen LogP contribution in [0.15, 0.2) is 65.6 Å². The molecule has 0 unspecified atom stereocenters. The fraction of sp³-hybridized carbons (Fsp3) is 0.310. The van der Waals surface area contributed by atoms with Crippen molar-refractivity contribution in [3.8, 4) is 16.9 Å². The lowest BCUT2D eigenvalue weighted by Crippen LogP contribution is -2.48. The van der Waals surface area contributed by atoms with Crippen LogP contribution in [-0.2, 0) is 21.0 Å². The molecule has 3 aromatic carbocycles. The fourth-order valence-electron chi connectivity index (χ4n) is 5.24. The molecule has 2 N–H and O–H groups in total. The summed E-state index contributed by atoms with van der Waals surface area (Å²) < 4.78 is 103. The van der Waals surface area contributed by atoms with E-state index >= 15 is 0 Å². The monoisotopic (exact) mass is 639 g/mol. The van der Waals surface area contributed by atoms with Crippen molar-refractivity contribution in [2.45, 2.75) is 42.5 Å². The number of nitrogens with one attached hydrogen (secondary N) is 1. The number of carbonyl (C=O) groups excluding carboxylic acids is 1. The summed E-state index contributed by atoms with van der Waals surface area (Å²) in [6.45, 7) is -0.170. The number of anilines is 1. The highest BCUT2D eigenvalue weighted by Crippen LogP contribution is 2.41. The van der Waals surface area contributed by atoms with Gasteiger partial charge in [0.15, 0.2) is 0 Å². The van der Waals surface area contributed by atoms with E-state index in [-0.39, 0.29) is 42.1 Å². The highest BCUT2D eigenvalue weighted by atomic mass is 32.2. The molecule has 3 aromatic rings. The van der Waals surface area contributed by atoms with Gasteiger partial charge in [-0.3, -0.25) is 4.31 Å². The molecule has 1 saturated heterocycles. The Balaban J connectivity index is 1.45. The van der Waals surface area contributed by atoms with Crippen LogP contribution in [0.2, 0.25) is 0 Å². The zero-order valence-electron chi connectivity index (χ0n) is 22.9. The van der Waals surface area contributed by atoms with Crippen molar-refractivity contribution in [1.82, 2.24) is 10.2 Å². The summed E-state index contributed by atoms with van der Waals surface area (Å²) in [5.74, 6) is -2.64. The van der Waals surface area contributed by atoms with Gasteiger partial charge >= 0.3 is 18.2 Å². The second-order valence-corrected chi connectivity index (χ2v) is 12.2. The smallest absolute Gasteiger partial charge is 0.416 e. The number of alkyl halides is 3. The van der Waals surface area contributed by atoms with Crippen LogP contribution in [0.3, 0.4) is 0 Å². The molecule has 15 heteroatoms. The Labute approximate surface area is 248 Å². The van der Waals surface area contributed by atoms with E-state index in [0.717, 1.165) is 40.7 Å². The minimum absolute atomic E-state index is 0.00849. The van der Waals surface area contributed by atoms with Gasteiger partial charge in [-0.25, -0.2) is 26.8 Å². The maximum atomic E-state index is 14.6. The fourth-order valence-corrected chi connectivity index (χ4v) is 6.79. The summed E-state index contributed by atoms with van der Waals surface area (Å²) in [6.07, 6.45) is -4.82. The third-order valence-corrected chi connectivity index (χ3v) is 9.20. The summed E-state index contributed by atoms with van der Waals surface area (Å²) in [5, 5.41) is 11.9. The molecule has 0 saturated carbocycles. The Hall–Kier alpha value is -4.40. The molecule has 2 amide bonds. The number of aliphatic carboxylic acids is 1. The molecule has 2 heterocycles. The number of carboxylic acid groups (broad SMARTS) is 1. The molecule has 0 aromatic heterocycles. The lowest BCUT2D eigenvalue weighted by molar-refractivity contribution is -0.141. The average Bonchev–Trinajstić information content (AvgIpc) is 3.48. The first kappa shape index (κ1) is 31.0. The molecule has 5 rings (SSSR count). The van der Waals surface area contributed by atoms with Crippen molar-refractivity contribution in [2.24, 2.45) is 0 Å². The number of amides is 2. The van der Waals surface area contributed by atoms with Crippen molar-refractivity contribution in [3.05, 3.63) is 77.9 Å². The summed E-state index contributed by atoms with van der Waals surface area (Å²) in [5.41, 5.74) is -1.36. The molecule has 0 bridgehead atoms. The van der Waals surface area contributed by atoms with E-state index in [1.807, 2.05) is 0 Å². The van der Waals surface area contributed by atoms with Crippen molar-refractivity contribution in [2.75, 3.05) is 23.9 Å². The second-order valence-electron chi connectivity index (χ2n) is 10.3. The molecular weight excluding hydrogens is 613 g/mol. The summed E-state index contributed by atoms with van der Waals surface area (Å²) in [4.78, 5) is 24.6. The zero-order chi connectivity index (χ0) is 31.8. The summed E-state index contributed by atoms with van der Waals surface area (Å²) in [7, 11) is -4.65. The van der Waals surface area contributed by atoms with Crippen molar-refractivity contribution < 1.29 is 49.8 Å². The van der Waals surface area contributed by atoms with Crippen LogP contribution in [0.1, 0.15) is 24.8 Å². The van der Waals surface area contributed by atoms with Crippen LogP contribution in [0.4, 0.5) is 32.4 Å². The quantitative estimate of drug-likeness (QED) is 0.341. The van der Waals surface area contributed by atoms with Crippen LogP contribution in [0.5, 0.6) is 5.75 Å². The van der Waals surface area contributed by atoms with Gasteiger partial charge in [-0.15, -0.1) is 0 Å². The molecular formula is C29H26F5N3O6S. The lowest BCUT2D eigenvalue weighted by Gasteiger charge is -2.36. The number of hydrogen-bond acceptors (Lipinski definition) is 5. The van der Waals surface area contributed by atoms with Gasteiger partial charge in [0.1, 0.15) is 29.5 Å². The average molecular weight is 640 g/mol. The third-order valence-electron chi connectivity index (χ3n) is 7.42. The van der Waals surface area contributed by atoms with Crippen LogP contribution in [0, 0.1) is 11.6 Å². The van der Waals surface area contributed by atoms with Gasteiger partial charge < -0.3 is 20.1 Å². The number of ether oxygens (including phenoxy) is 1. The van der Waals surface area contributed by atoms with Crippen LogP contribution in [-0.4, -0.2) is 62.2 Å².